The van der Waals surface area contributed by atoms with Crippen LogP contribution in [0.4, 0.5) is 0 Å². The molecule has 0 N–H and O–H groups in total. The Balaban J connectivity index is 1.93. The van der Waals surface area contributed by atoms with E-state index >= 15 is 0 Å². The molecule has 27 heavy (non-hydrogen) atoms. The Hall–Kier alpha value is -1.37. The van der Waals surface area contributed by atoms with Gasteiger partial charge in [0, 0.05) is 6.42 Å². The van der Waals surface area contributed by atoms with Crippen LogP contribution in [0.3, 0.4) is 0 Å². The summed E-state index contributed by atoms with van der Waals surface area (Å²) in [6.45, 7) is 13.5. The highest BCUT2D eigenvalue weighted by molar-refractivity contribution is 6.74. The molecule has 0 bridgehead atoms. The minimum Gasteiger partial charge on any atom is -0.497 e. The minimum absolute atomic E-state index is 0.0934. The fourth-order valence-corrected chi connectivity index (χ4v) is 4.19. The summed E-state index contributed by atoms with van der Waals surface area (Å²) >= 11 is 0. The molecule has 0 unspecified atom stereocenters. The molecule has 1 aliphatic rings. The number of methoxy groups -OCH3 is 1. The van der Waals surface area contributed by atoms with E-state index in [1.807, 2.05) is 31.2 Å². The van der Waals surface area contributed by atoms with E-state index in [0.29, 0.717) is 19.4 Å². The van der Waals surface area contributed by atoms with Crippen LogP contribution in [0.1, 0.15) is 46.1 Å². The first kappa shape index (κ1) is 21.9. The van der Waals surface area contributed by atoms with E-state index < -0.39 is 8.32 Å². The SMILES string of the molecule is COc1ccc(CO[C@H](C)[C@H]2C[C@@H](O[Si](C)(C)C(C)(C)C)CC(=O)O2)cc1. The summed E-state index contributed by atoms with van der Waals surface area (Å²) < 4.78 is 23.1. The molecule has 0 amide bonds. The fourth-order valence-electron chi connectivity index (χ4n) is 2.82. The lowest BCUT2D eigenvalue weighted by atomic mass is 10.0. The zero-order valence-electron chi connectivity index (χ0n) is 17.7. The second-order valence-corrected chi connectivity index (χ2v) is 13.6. The van der Waals surface area contributed by atoms with Gasteiger partial charge in [-0.2, -0.15) is 0 Å². The van der Waals surface area contributed by atoms with E-state index in [-0.39, 0.29) is 29.3 Å². The topological polar surface area (TPSA) is 54.0 Å². The molecular weight excluding hydrogens is 360 g/mol. The molecule has 6 heteroatoms. The quantitative estimate of drug-likeness (QED) is 0.496. The third-order valence-corrected chi connectivity index (χ3v) is 10.2. The summed E-state index contributed by atoms with van der Waals surface area (Å²) in [6, 6.07) is 7.77. The van der Waals surface area contributed by atoms with Crippen molar-refractivity contribution >= 4 is 14.3 Å². The smallest absolute Gasteiger partial charge is 0.308 e. The molecule has 1 aromatic rings. The number of benzene rings is 1. The van der Waals surface area contributed by atoms with E-state index in [9.17, 15) is 4.79 Å². The molecule has 1 saturated heterocycles. The first-order chi connectivity index (χ1) is 12.5. The lowest BCUT2D eigenvalue weighted by molar-refractivity contribution is -0.170. The molecular formula is C21H34O5Si. The van der Waals surface area contributed by atoms with E-state index in [0.717, 1.165) is 11.3 Å². The first-order valence-corrected chi connectivity index (χ1v) is 12.5. The van der Waals surface area contributed by atoms with Crippen molar-refractivity contribution in [1.82, 2.24) is 0 Å². The van der Waals surface area contributed by atoms with Crippen molar-refractivity contribution in [2.45, 2.75) is 83.6 Å². The molecule has 1 heterocycles. The van der Waals surface area contributed by atoms with Gasteiger partial charge in [0.05, 0.1) is 32.3 Å². The van der Waals surface area contributed by atoms with Crippen molar-refractivity contribution in [3.63, 3.8) is 0 Å². The minimum atomic E-state index is -1.93. The molecule has 0 spiro atoms. The van der Waals surface area contributed by atoms with Gasteiger partial charge in [-0.25, -0.2) is 0 Å². The van der Waals surface area contributed by atoms with Crippen molar-refractivity contribution in [3.8, 4) is 5.75 Å². The Kier molecular flexibility index (Phi) is 7.11. The highest BCUT2D eigenvalue weighted by atomic mass is 28.4. The lowest BCUT2D eigenvalue weighted by Gasteiger charge is -2.41. The Morgan fingerprint density at radius 3 is 2.41 bits per heavy atom. The molecule has 5 nitrogen and oxygen atoms in total. The molecule has 152 valence electrons. The number of esters is 1. The van der Waals surface area contributed by atoms with Gasteiger partial charge in [0.2, 0.25) is 0 Å². The summed E-state index contributed by atoms with van der Waals surface area (Å²) in [4.78, 5) is 12.1. The Labute approximate surface area is 164 Å². The van der Waals surface area contributed by atoms with Crippen LogP contribution >= 0.6 is 0 Å². The summed E-state index contributed by atoms with van der Waals surface area (Å²) in [5.74, 6) is 0.619. The van der Waals surface area contributed by atoms with Gasteiger partial charge in [-0.3, -0.25) is 4.79 Å². The summed E-state index contributed by atoms with van der Waals surface area (Å²) in [5.41, 5.74) is 1.05. The number of carbonyl (C=O) groups is 1. The van der Waals surface area contributed by atoms with Crippen LogP contribution < -0.4 is 4.74 Å². The number of hydrogen-bond donors (Lipinski definition) is 0. The molecule has 1 aromatic carbocycles. The number of ether oxygens (including phenoxy) is 3. The highest BCUT2D eigenvalue weighted by Crippen LogP contribution is 2.39. The maximum atomic E-state index is 12.1. The molecule has 0 saturated carbocycles. The van der Waals surface area contributed by atoms with Crippen LogP contribution in [0.15, 0.2) is 24.3 Å². The monoisotopic (exact) mass is 394 g/mol. The lowest BCUT2D eigenvalue weighted by Crippen LogP contribution is -2.48. The second-order valence-electron chi connectivity index (χ2n) is 8.83. The normalized spacial score (nSPS) is 22.3. The van der Waals surface area contributed by atoms with Crippen molar-refractivity contribution in [1.29, 1.82) is 0 Å². The molecule has 1 aliphatic heterocycles. The highest BCUT2D eigenvalue weighted by Gasteiger charge is 2.42. The van der Waals surface area contributed by atoms with Crippen molar-refractivity contribution in [2.24, 2.45) is 0 Å². The van der Waals surface area contributed by atoms with E-state index in [1.165, 1.54) is 0 Å². The van der Waals surface area contributed by atoms with E-state index in [4.69, 9.17) is 18.6 Å². The largest absolute Gasteiger partial charge is 0.497 e. The van der Waals surface area contributed by atoms with Crippen LogP contribution in [-0.2, 0) is 25.3 Å². The molecule has 3 atom stereocenters. The maximum Gasteiger partial charge on any atom is 0.308 e. The average molecular weight is 395 g/mol. The second kappa shape index (κ2) is 8.75. The Bertz CT molecular complexity index is 620. The molecule has 0 aliphatic carbocycles. The van der Waals surface area contributed by atoms with Crippen molar-refractivity contribution < 1.29 is 23.4 Å². The van der Waals surface area contributed by atoms with Gasteiger partial charge in [-0.15, -0.1) is 0 Å². The summed E-state index contributed by atoms with van der Waals surface area (Å²) in [7, 11) is -0.281. The predicted octanol–water partition coefficient (Wildman–Crippen LogP) is 4.70. The van der Waals surface area contributed by atoms with Gasteiger partial charge in [0.15, 0.2) is 8.32 Å². The third-order valence-electron chi connectivity index (χ3n) is 5.64. The van der Waals surface area contributed by atoms with Gasteiger partial charge >= 0.3 is 5.97 Å². The number of rotatable bonds is 7. The van der Waals surface area contributed by atoms with Gasteiger partial charge in [0.1, 0.15) is 11.9 Å². The summed E-state index contributed by atoms with van der Waals surface area (Å²) in [6.07, 6.45) is 0.446. The first-order valence-electron chi connectivity index (χ1n) is 9.63. The number of cyclic esters (lactones) is 1. The van der Waals surface area contributed by atoms with Gasteiger partial charge < -0.3 is 18.6 Å². The average Bonchev–Trinajstić information content (AvgIpc) is 2.58. The van der Waals surface area contributed by atoms with Crippen LogP contribution in [-0.4, -0.2) is 39.7 Å². The molecule has 2 rings (SSSR count). The predicted molar refractivity (Wildman–Crippen MR) is 108 cm³/mol. The summed E-state index contributed by atoms with van der Waals surface area (Å²) in [5, 5.41) is 0.111. The number of carbonyl (C=O) groups excluding carboxylic acids is 1. The fraction of sp³-hybridized carbons (Fsp3) is 0.667. The van der Waals surface area contributed by atoms with Crippen LogP contribution in [0.2, 0.25) is 18.1 Å². The van der Waals surface area contributed by atoms with Crippen LogP contribution in [0.25, 0.3) is 0 Å². The zero-order valence-corrected chi connectivity index (χ0v) is 18.7. The maximum absolute atomic E-state index is 12.1. The van der Waals surface area contributed by atoms with Gasteiger partial charge in [-0.1, -0.05) is 32.9 Å². The standard InChI is InChI=1S/C21H34O5Si/c1-15(24-14-16-8-10-17(23-5)11-9-16)19-12-18(13-20(22)25-19)26-27(6,7)21(2,3)4/h8-11,15,18-19H,12-14H2,1-7H3/t15-,18-,19-/m1/s1. The van der Waals surface area contributed by atoms with Crippen LogP contribution in [0.5, 0.6) is 5.75 Å². The van der Waals surface area contributed by atoms with Gasteiger partial charge in [0.25, 0.3) is 0 Å². The number of hydrogen-bond acceptors (Lipinski definition) is 5. The molecule has 1 fully saturated rings. The zero-order chi connectivity index (χ0) is 20.2. The molecule has 0 radical (unpaired) electrons. The van der Waals surface area contributed by atoms with Crippen LogP contribution in [0, 0.1) is 0 Å². The Morgan fingerprint density at radius 1 is 1.22 bits per heavy atom. The van der Waals surface area contributed by atoms with Gasteiger partial charge in [-0.05, 0) is 42.8 Å². The van der Waals surface area contributed by atoms with Crippen molar-refractivity contribution in [2.75, 3.05) is 7.11 Å². The van der Waals surface area contributed by atoms with Crippen molar-refractivity contribution in [3.05, 3.63) is 29.8 Å². The third kappa shape index (κ3) is 6.06. The van der Waals surface area contributed by atoms with E-state index in [2.05, 4.69) is 33.9 Å². The Morgan fingerprint density at radius 2 is 1.85 bits per heavy atom. The van der Waals surface area contributed by atoms with E-state index in [1.54, 1.807) is 7.11 Å². The molecule has 0 aromatic heterocycles.